The van der Waals surface area contributed by atoms with Crippen molar-refractivity contribution in [2.75, 3.05) is 39.9 Å². The molecule has 0 radical (unpaired) electrons. The Kier molecular flexibility index (Phi) is 11.2. The van der Waals surface area contributed by atoms with Crippen LogP contribution in [0.15, 0.2) is 29.3 Å². The van der Waals surface area contributed by atoms with Gasteiger partial charge in [0.05, 0.1) is 26.9 Å². The number of piperidine rings is 1. The van der Waals surface area contributed by atoms with E-state index in [9.17, 15) is 4.79 Å². The predicted molar refractivity (Wildman–Crippen MR) is 125 cm³/mol. The molecule has 1 aliphatic heterocycles. The van der Waals surface area contributed by atoms with E-state index in [0.29, 0.717) is 31.7 Å². The average Bonchev–Trinajstić information content (AvgIpc) is 2.80. The first-order valence-corrected chi connectivity index (χ1v) is 11.7. The van der Waals surface area contributed by atoms with Gasteiger partial charge in [0.25, 0.3) is 0 Å². The maximum Gasteiger partial charge on any atom is 0.225 e. The van der Waals surface area contributed by atoms with Crippen molar-refractivity contribution in [3.05, 3.63) is 29.8 Å². The minimum atomic E-state index is 0.166. The second-order valence-electron chi connectivity index (χ2n) is 7.88. The first kappa shape index (κ1) is 25.0. The first-order chi connectivity index (χ1) is 15.1. The Labute approximate surface area is 187 Å². The minimum absolute atomic E-state index is 0.166. The van der Waals surface area contributed by atoms with Gasteiger partial charge in [-0.25, -0.2) is 0 Å². The van der Waals surface area contributed by atoms with Gasteiger partial charge in [-0.2, -0.15) is 0 Å². The summed E-state index contributed by atoms with van der Waals surface area (Å²) in [5, 5.41) is 6.84. The summed E-state index contributed by atoms with van der Waals surface area (Å²) in [6, 6.07) is 8.21. The lowest BCUT2D eigenvalue weighted by molar-refractivity contribution is -0.136. The second kappa shape index (κ2) is 13.9. The van der Waals surface area contributed by atoms with Gasteiger partial charge in [0, 0.05) is 37.2 Å². The highest BCUT2D eigenvalue weighted by molar-refractivity contribution is 5.80. The van der Waals surface area contributed by atoms with E-state index in [1.54, 1.807) is 7.11 Å². The number of nitrogens with one attached hydrogen (secondary N) is 2. The van der Waals surface area contributed by atoms with Gasteiger partial charge in [-0.05, 0) is 38.7 Å². The summed E-state index contributed by atoms with van der Waals surface area (Å²) < 4.78 is 11.1. The molecule has 1 fully saturated rings. The van der Waals surface area contributed by atoms with Crippen molar-refractivity contribution in [3.8, 4) is 5.75 Å². The number of guanidine groups is 1. The van der Waals surface area contributed by atoms with E-state index in [0.717, 1.165) is 62.6 Å². The van der Waals surface area contributed by atoms with Crippen LogP contribution in [-0.4, -0.2) is 62.7 Å². The van der Waals surface area contributed by atoms with Crippen LogP contribution >= 0.6 is 0 Å². The second-order valence-corrected chi connectivity index (χ2v) is 7.88. The highest BCUT2D eigenvalue weighted by Crippen LogP contribution is 2.18. The van der Waals surface area contributed by atoms with Crippen LogP contribution in [-0.2, 0) is 16.1 Å². The van der Waals surface area contributed by atoms with Gasteiger partial charge >= 0.3 is 0 Å². The van der Waals surface area contributed by atoms with Crippen LogP contribution in [0.25, 0.3) is 0 Å². The third kappa shape index (κ3) is 8.05. The third-order valence-electron chi connectivity index (χ3n) is 5.78. The zero-order valence-corrected chi connectivity index (χ0v) is 19.7. The van der Waals surface area contributed by atoms with Gasteiger partial charge in [0.15, 0.2) is 5.96 Å². The van der Waals surface area contributed by atoms with Crippen LogP contribution < -0.4 is 15.4 Å². The first-order valence-electron chi connectivity index (χ1n) is 11.7. The Hall–Kier alpha value is -2.28. The molecular weight excluding hydrogens is 392 g/mol. The zero-order valence-electron chi connectivity index (χ0n) is 19.7. The van der Waals surface area contributed by atoms with Crippen molar-refractivity contribution in [2.24, 2.45) is 10.9 Å². The normalized spacial score (nSPS) is 15.3. The number of nitrogens with zero attached hydrogens (tertiary/aromatic N) is 2. The SMILES string of the molecule is CCNC(=NCCOCc1ccccc1OC)NC1CCN(C(=O)C(CC)CC)CC1. The molecule has 0 bridgehead atoms. The summed E-state index contributed by atoms with van der Waals surface area (Å²) in [7, 11) is 1.67. The van der Waals surface area contributed by atoms with Crippen LogP contribution in [0.3, 0.4) is 0 Å². The van der Waals surface area contributed by atoms with Crippen LogP contribution in [0, 0.1) is 5.92 Å². The van der Waals surface area contributed by atoms with E-state index >= 15 is 0 Å². The lowest BCUT2D eigenvalue weighted by Gasteiger charge is -2.34. The van der Waals surface area contributed by atoms with Crippen molar-refractivity contribution in [2.45, 2.75) is 59.1 Å². The minimum Gasteiger partial charge on any atom is -0.496 e. The molecule has 1 heterocycles. The molecule has 2 rings (SSSR count). The molecule has 1 amide bonds. The van der Waals surface area contributed by atoms with Gasteiger partial charge < -0.3 is 25.0 Å². The van der Waals surface area contributed by atoms with E-state index in [1.165, 1.54) is 0 Å². The summed E-state index contributed by atoms with van der Waals surface area (Å²) in [5.74, 6) is 2.14. The Balaban J connectivity index is 1.75. The molecular formula is C24H40N4O3. The molecule has 7 heteroatoms. The quantitative estimate of drug-likeness (QED) is 0.319. The standard InChI is InChI=1S/C24H40N4O3/c1-5-19(6-2)23(29)28-15-12-21(13-16-28)27-24(25-7-3)26-14-17-31-18-20-10-8-9-11-22(20)30-4/h8-11,19,21H,5-7,12-18H2,1-4H3,(H2,25,26,27). The Morgan fingerprint density at radius 3 is 2.55 bits per heavy atom. The van der Waals surface area contributed by atoms with E-state index in [4.69, 9.17) is 9.47 Å². The maximum absolute atomic E-state index is 12.6. The van der Waals surface area contributed by atoms with E-state index in [-0.39, 0.29) is 5.92 Å². The highest BCUT2D eigenvalue weighted by atomic mass is 16.5. The van der Waals surface area contributed by atoms with Gasteiger partial charge in [0.1, 0.15) is 5.75 Å². The summed E-state index contributed by atoms with van der Waals surface area (Å²) in [6.07, 6.45) is 3.73. The number of amides is 1. The molecule has 174 valence electrons. The number of methoxy groups -OCH3 is 1. The van der Waals surface area contributed by atoms with Crippen molar-refractivity contribution < 1.29 is 14.3 Å². The molecule has 2 N–H and O–H groups in total. The number of likely N-dealkylation sites (tertiary alicyclic amines) is 1. The molecule has 0 aromatic heterocycles. The van der Waals surface area contributed by atoms with Gasteiger partial charge in [0.2, 0.25) is 5.91 Å². The van der Waals surface area contributed by atoms with E-state index < -0.39 is 0 Å². The van der Waals surface area contributed by atoms with Crippen LogP contribution in [0.5, 0.6) is 5.75 Å². The van der Waals surface area contributed by atoms with Gasteiger partial charge in [-0.1, -0.05) is 32.0 Å². The predicted octanol–water partition coefficient (Wildman–Crippen LogP) is 3.19. The summed E-state index contributed by atoms with van der Waals surface area (Å²) >= 11 is 0. The van der Waals surface area contributed by atoms with Gasteiger partial charge in [-0.3, -0.25) is 9.79 Å². The lowest BCUT2D eigenvalue weighted by atomic mass is 9.98. The molecule has 0 atom stereocenters. The fraction of sp³-hybridized carbons (Fsp3) is 0.667. The van der Waals surface area contributed by atoms with E-state index in [2.05, 4.69) is 36.4 Å². The lowest BCUT2D eigenvalue weighted by Crippen LogP contribution is -2.50. The van der Waals surface area contributed by atoms with Crippen molar-refractivity contribution in [1.29, 1.82) is 0 Å². The fourth-order valence-electron chi connectivity index (χ4n) is 3.88. The van der Waals surface area contributed by atoms with Crippen LogP contribution in [0.2, 0.25) is 0 Å². The molecule has 0 unspecified atom stereocenters. The molecule has 1 aromatic rings. The van der Waals surface area contributed by atoms with Crippen molar-refractivity contribution >= 4 is 11.9 Å². The fourth-order valence-corrected chi connectivity index (χ4v) is 3.88. The molecule has 31 heavy (non-hydrogen) atoms. The van der Waals surface area contributed by atoms with Gasteiger partial charge in [-0.15, -0.1) is 0 Å². The molecule has 0 aliphatic carbocycles. The number of carbonyl (C=O) groups is 1. The number of para-hydroxylation sites is 1. The van der Waals surface area contributed by atoms with Crippen molar-refractivity contribution in [3.63, 3.8) is 0 Å². The number of hydrogen-bond acceptors (Lipinski definition) is 4. The van der Waals surface area contributed by atoms with Crippen LogP contribution in [0.1, 0.15) is 52.0 Å². The molecule has 7 nitrogen and oxygen atoms in total. The summed E-state index contributed by atoms with van der Waals surface area (Å²) in [6.45, 7) is 10.3. The monoisotopic (exact) mass is 432 g/mol. The highest BCUT2D eigenvalue weighted by Gasteiger charge is 2.26. The number of carbonyl (C=O) groups excluding carboxylic acids is 1. The summed E-state index contributed by atoms with van der Waals surface area (Å²) in [4.78, 5) is 19.3. The van der Waals surface area contributed by atoms with E-state index in [1.807, 2.05) is 29.2 Å². The van der Waals surface area contributed by atoms with Crippen molar-refractivity contribution in [1.82, 2.24) is 15.5 Å². The average molecular weight is 433 g/mol. The maximum atomic E-state index is 12.6. The topological polar surface area (TPSA) is 75.2 Å². The third-order valence-corrected chi connectivity index (χ3v) is 5.78. The number of ether oxygens (including phenoxy) is 2. The number of rotatable bonds is 11. The Morgan fingerprint density at radius 2 is 1.90 bits per heavy atom. The Morgan fingerprint density at radius 1 is 1.19 bits per heavy atom. The summed E-state index contributed by atoms with van der Waals surface area (Å²) in [5.41, 5.74) is 1.04. The Bertz CT molecular complexity index is 683. The zero-order chi connectivity index (χ0) is 22.5. The molecule has 0 spiro atoms. The number of benzene rings is 1. The largest absolute Gasteiger partial charge is 0.496 e. The molecule has 1 saturated heterocycles. The van der Waals surface area contributed by atoms with Crippen LogP contribution in [0.4, 0.5) is 0 Å². The number of hydrogen-bond donors (Lipinski definition) is 2. The molecule has 1 aliphatic rings. The number of aliphatic imine (C=N–C) groups is 1. The smallest absolute Gasteiger partial charge is 0.225 e. The molecule has 0 saturated carbocycles. The molecule has 1 aromatic carbocycles.